The predicted molar refractivity (Wildman–Crippen MR) is 106 cm³/mol. The number of benzene rings is 2. The zero-order valence-corrected chi connectivity index (χ0v) is 16.3. The molecule has 6 nitrogen and oxygen atoms in total. The van der Waals surface area contributed by atoms with E-state index in [1.807, 2.05) is 62.4 Å². The minimum atomic E-state index is -0.703. The third-order valence-corrected chi connectivity index (χ3v) is 4.73. The first kappa shape index (κ1) is 19.7. The zero-order chi connectivity index (χ0) is 19.9. The van der Waals surface area contributed by atoms with E-state index in [1.165, 1.54) is 0 Å². The van der Waals surface area contributed by atoms with Crippen molar-refractivity contribution >= 4 is 11.8 Å². The average Bonchev–Trinajstić information content (AvgIpc) is 2.73. The summed E-state index contributed by atoms with van der Waals surface area (Å²) in [7, 11) is 0. The van der Waals surface area contributed by atoms with E-state index in [0.29, 0.717) is 37.8 Å². The summed E-state index contributed by atoms with van der Waals surface area (Å²) in [4.78, 5) is 27.4. The van der Waals surface area contributed by atoms with Crippen LogP contribution in [0.3, 0.4) is 0 Å². The first-order chi connectivity index (χ1) is 13.6. The maximum atomic E-state index is 13.0. The largest absolute Gasteiger partial charge is 0.486 e. The molecule has 148 valence electrons. The van der Waals surface area contributed by atoms with Gasteiger partial charge in [0.1, 0.15) is 19.3 Å². The Bertz CT molecular complexity index is 819. The smallest absolute Gasteiger partial charge is 0.249 e. The molecule has 0 aromatic heterocycles. The van der Waals surface area contributed by atoms with Crippen molar-refractivity contribution in [3.8, 4) is 11.5 Å². The summed E-state index contributed by atoms with van der Waals surface area (Å²) in [5, 5.41) is 2.91. The number of fused-ring (bicyclic) bond motifs is 1. The standard InChI is InChI=1S/C22H26N2O4/c1-3-24(4-2)22(26)21(17-8-6-5-7-9-17)23-20(25)15-16-10-11-18-19(14-16)28-13-12-27-18/h5-11,14,21H,3-4,12-13,15H2,1-2H3,(H,23,25). The number of carbonyl (C=O) groups is 2. The highest BCUT2D eigenvalue weighted by molar-refractivity contribution is 5.89. The van der Waals surface area contributed by atoms with Crippen LogP contribution in [0.4, 0.5) is 0 Å². The molecule has 1 N–H and O–H groups in total. The second-order valence-electron chi connectivity index (χ2n) is 6.58. The molecule has 3 rings (SSSR count). The van der Waals surface area contributed by atoms with Gasteiger partial charge in [-0.05, 0) is 37.1 Å². The van der Waals surface area contributed by atoms with Crippen molar-refractivity contribution in [2.24, 2.45) is 0 Å². The Balaban J connectivity index is 1.75. The molecule has 0 saturated carbocycles. The van der Waals surface area contributed by atoms with Gasteiger partial charge in [0.15, 0.2) is 11.5 Å². The molecule has 0 aliphatic carbocycles. The second kappa shape index (κ2) is 9.26. The van der Waals surface area contributed by atoms with E-state index in [-0.39, 0.29) is 18.2 Å². The number of hydrogen-bond donors (Lipinski definition) is 1. The Labute approximate surface area is 165 Å². The van der Waals surface area contributed by atoms with Crippen LogP contribution in [0, 0.1) is 0 Å². The van der Waals surface area contributed by atoms with Gasteiger partial charge in [-0.15, -0.1) is 0 Å². The first-order valence-corrected chi connectivity index (χ1v) is 9.64. The van der Waals surface area contributed by atoms with Crippen molar-refractivity contribution in [3.05, 3.63) is 59.7 Å². The van der Waals surface area contributed by atoms with Gasteiger partial charge in [0.05, 0.1) is 6.42 Å². The third kappa shape index (κ3) is 4.63. The molecule has 1 aliphatic rings. The quantitative estimate of drug-likeness (QED) is 0.800. The lowest BCUT2D eigenvalue weighted by Crippen LogP contribution is -2.43. The topological polar surface area (TPSA) is 67.9 Å². The Morgan fingerprint density at radius 1 is 1.00 bits per heavy atom. The molecular weight excluding hydrogens is 356 g/mol. The van der Waals surface area contributed by atoms with Crippen LogP contribution < -0.4 is 14.8 Å². The maximum Gasteiger partial charge on any atom is 0.249 e. The van der Waals surface area contributed by atoms with Gasteiger partial charge in [-0.3, -0.25) is 9.59 Å². The highest BCUT2D eigenvalue weighted by Gasteiger charge is 2.26. The fourth-order valence-electron chi connectivity index (χ4n) is 3.25. The summed E-state index contributed by atoms with van der Waals surface area (Å²) < 4.78 is 11.1. The number of ether oxygens (including phenoxy) is 2. The van der Waals surface area contributed by atoms with Crippen molar-refractivity contribution in [2.75, 3.05) is 26.3 Å². The fourth-order valence-corrected chi connectivity index (χ4v) is 3.25. The normalized spacial score (nSPS) is 13.5. The van der Waals surface area contributed by atoms with Gasteiger partial charge in [-0.1, -0.05) is 36.4 Å². The molecule has 0 bridgehead atoms. The highest BCUT2D eigenvalue weighted by atomic mass is 16.6. The number of rotatable bonds is 7. The molecule has 0 radical (unpaired) electrons. The predicted octanol–water partition coefficient (Wildman–Crippen LogP) is 2.73. The van der Waals surface area contributed by atoms with Crippen LogP contribution in [-0.4, -0.2) is 43.0 Å². The minimum Gasteiger partial charge on any atom is -0.486 e. The van der Waals surface area contributed by atoms with E-state index in [2.05, 4.69) is 5.32 Å². The third-order valence-electron chi connectivity index (χ3n) is 4.73. The van der Waals surface area contributed by atoms with Crippen LogP contribution in [-0.2, 0) is 16.0 Å². The summed E-state index contributed by atoms with van der Waals surface area (Å²) in [5.41, 5.74) is 1.58. The van der Waals surface area contributed by atoms with E-state index >= 15 is 0 Å². The van der Waals surface area contributed by atoms with Gasteiger partial charge in [0.2, 0.25) is 11.8 Å². The van der Waals surface area contributed by atoms with Crippen molar-refractivity contribution in [1.29, 1.82) is 0 Å². The first-order valence-electron chi connectivity index (χ1n) is 9.64. The number of nitrogens with zero attached hydrogens (tertiary/aromatic N) is 1. The lowest BCUT2D eigenvalue weighted by molar-refractivity contribution is -0.136. The molecule has 2 aromatic carbocycles. The lowest BCUT2D eigenvalue weighted by Gasteiger charge is -2.26. The van der Waals surface area contributed by atoms with Crippen molar-refractivity contribution in [2.45, 2.75) is 26.3 Å². The summed E-state index contributed by atoms with van der Waals surface area (Å²) in [6, 6.07) is 14.1. The Hall–Kier alpha value is -3.02. The Kier molecular flexibility index (Phi) is 6.53. The average molecular weight is 382 g/mol. The molecule has 28 heavy (non-hydrogen) atoms. The molecule has 2 aromatic rings. The SMILES string of the molecule is CCN(CC)C(=O)C(NC(=O)Cc1ccc2c(c1)OCCO2)c1ccccc1. The molecule has 1 atom stereocenters. The fraction of sp³-hybridized carbons (Fsp3) is 0.364. The number of amides is 2. The van der Waals surface area contributed by atoms with Crippen LogP contribution in [0.5, 0.6) is 11.5 Å². The lowest BCUT2D eigenvalue weighted by atomic mass is 10.0. The van der Waals surface area contributed by atoms with Gasteiger partial charge in [-0.2, -0.15) is 0 Å². The molecule has 0 spiro atoms. The molecule has 1 heterocycles. The maximum absolute atomic E-state index is 13.0. The van der Waals surface area contributed by atoms with Crippen LogP contribution in [0.15, 0.2) is 48.5 Å². The van der Waals surface area contributed by atoms with Crippen molar-refractivity contribution in [3.63, 3.8) is 0 Å². The molecule has 0 saturated heterocycles. The van der Waals surface area contributed by atoms with Crippen LogP contribution in [0.2, 0.25) is 0 Å². The molecule has 0 fully saturated rings. The molecular formula is C22H26N2O4. The van der Waals surface area contributed by atoms with E-state index < -0.39 is 6.04 Å². The van der Waals surface area contributed by atoms with Crippen LogP contribution >= 0.6 is 0 Å². The summed E-state index contributed by atoms with van der Waals surface area (Å²) in [5.74, 6) is 1.02. The van der Waals surface area contributed by atoms with E-state index in [1.54, 1.807) is 4.90 Å². The summed E-state index contributed by atoms with van der Waals surface area (Å²) in [6.07, 6.45) is 0.158. The van der Waals surface area contributed by atoms with E-state index in [0.717, 1.165) is 11.1 Å². The molecule has 1 aliphatic heterocycles. The van der Waals surface area contributed by atoms with Crippen LogP contribution in [0.25, 0.3) is 0 Å². The monoisotopic (exact) mass is 382 g/mol. The Morgan fingerprint density at radius 2 is 1.68 bits per heavy atom. The molecule has 2 amide bonds. The molecule has 1 unspecified atom stereocenters. The highest BCUT2D eigenvalue weighted by Crippen LogP contribution is 2.31. The Morgan fingerprint density at radius 3 is 2.36 bits per heavy atom. The minimum absolute atomic E-state index is 0.105. The second-order valence-corrected chi connectivity index (χ2v) is 6.58. The van der Waals surface area contributed by atoms with Gasteiger partial charge >= 0.3 is 0 Å². The number of hydrogen-bond acceptors (Lipinski definition) is 4. The van der Waals surface area contributed by atoms with Crippen molar-refractivity contribution in [1.82, 2.24) is 10.2 Å². The van der Waals surface area contributed by atoms with E-state index in [9.17, 15) is 9.59 Å². The van der Waals surface area contributed by atoms with E-state index in [4.69, 9.17) is 9.47 Å². The zero-order valence-electron chi connectivity index (χ0n) is 16.3. The van der Waals surface area contributed by atoms with Gasteiger partial charge in [0, 0.05) is 13.1 Å². The summed E-state index contributed by atoms with van der Waals surface area (Å²) >= 11 is 0. The number of nitrogens with one attached hydrogen (secondary N) is 1. The van der Waals surface area contributed by atoms with Gasteiger partial charge in [0.25, 0.3) is 0 Å². The summed E-state index contributed by atoms with van der Waals surface area (Å²) in [6.45, 7) is 6.07. The number of carbonyl (C=O) groups excluding carboxylic acids is 2. The van der Waals surface area contributed by atoms with Crippen LogP contribution in [0.1, 0.15) is 31.0 Å². The molecule has 6 heteroatoms. The van der Waals surface area contributed by atoms with Crippen molar-refractivity contribution < 1.29 is 19.1 Å². The van der Waals surface area contributed by atoms with Gasteiger partial charge in [-0.25, -0.2) is 0 Å². The van der Waals surface area contributed by atoms with Gasteiger partial charge < -0.3 is 19.7 Å². The number of likely N-dealkylation sites (N-methyl/N-ethyl adjacent to an activating group) is 1.